The molecule has 0 bridgehead atoms. The molecule has 0 radical (unpaired) electrons. The smallest absolute Gasteiger partial charge is 0.0250 e. The van der Waals surface area contributed by atoms with Gasteiger partial charge in [-0.25, -0.2) is 0 Å². The Balaban J connectivity index is 0.000000236. The fourth-order valence-corrected chi connectivity index (χ4v) is 3.80. The second kappa shape index (κ2) is 11.1. The third-order valence-corrected chi connectivity index (χ3v) is 5.75. The second-order valence-corrected chi connectivity index (χ2v) is 7.51. The predicted molar refractivity (Wildman–Crippen MR) is 111 cm³/mol. The van der Waals surface area contributed by atoms with E-state index in [1.54, 1.807) is 5.56 Å². The van der Waals surface area contributed by atoms with E-state index in [2.05, 4.69) is 69.3 Å². The van der Waals surface area contributed by atoms with E-state index in [-0.39, 0.29) is 0 Å². The van der Waals surface area contributed by atoms with Crippen LogP contribution in [0, 0.1) is 11.8 Å². The molecule has 0 spiro atoms. The largest absolute Gasteiger partial charge is 0.0651 e. The van der Waals surface area contributed by atoms with Crippen molar-refractivity contribution >= 4 is 0 Å². The van der Waals surface area contributed by atoms with Crippen molar-refractivity contribution in [2.75, 3.05) is 0 Å². The highest BCUT2D eigenvalue weighted by Crippen LogP contribution is 2.32. The molecule has 1 fully saturated rings. The molecule has 0 heterocycles. The van der Waals surface area contributed by atoms with Crippen LogP contribution in [0.1, 0.15) is 69.6 Å². The van der Waals surface area contributed by atoms with Gasteiger partial charge in [-0.15, -0.1) is 0 Å². The quantitative estimate of drug-likeness (QED) is 0.539. The molecule has 3 rings (SSSR count). The number of hydrogen-bond acceptors (Lipinski definition) is 0. The maximum atomic E-state index is 2.34. The van der Waals surface area contributed by atoms with Crippen LogP contribution in [0.5, 0.6) is 0 Å². The summed E-state index contributed by atoms with van der Waals surface area (Å²) in [6, 6.07) is 19.7. The third-order valence-electron chi connectivity index (χ3n) is 5.75. The molecular formula is C25H36. The summed E-state index contributed by atoms with van der Waals surface area (Å²) in [7, 11) is 0. The van der Waals surface area contributed by atoms with Gasteiger partial charge in [-0.1, -0.05) is 94.6 Å². The minimum Gasteiger partial charge on any atom is -0.0651 e. The fourth-order valence-electron chi connectivity index (χ4n) is 3.80. The lowest BCUT2D eigenvalue weighted by Gasteiger charge is -2.27. The van der Waals surface area contributed by atoms with Crippen molar-refractivity contribution in [1.29, 1.82) is 0 Å². The SMILES string of the molecule is CCc1ccc(CC2CCC(CC)CC2)cc1.CCc1ccccc1. The molecule has 0 aromatic heterocycles. The Hall–Kier alpha value is -1.56. The highest BCUT2D eigenvalue weighted by molar-refractivity contribution is 5.22. The molecule has 0 N–H and O–H groups in total. The summed E-state index contributed by atoms with van der Waals surface area (Å²) in [6.07, 6.45) is 10.8. The predicted octanol–water partition coefficient (Wildman–Crippen LogP) is 7.26. The van der Waals surface area contributed by atoms with Crippen LogP contribution in [0.25, 0.3) is 0 Å². The molecule has 0 unspecified atom stereocenters. The zero-order valence-corrected chi connectivity index (χ0v) is 16.5. The summed E-state index contributed by atoms with van der Waals surface area (Å²) in [5, 5.41) is 0. The summed E-state index contributed by atoms with van der Waals surface area (Å²) < 4.78 is 0. The molecule has 1 aliphatic rings. The van der Waals surface area contributed by atoms with Gasteiger partial charge in [0.1, 0.15) is 0 Å². The first-order valence-electron chi connectivity index (χ1n) is 10.4. The van der Waals surface area contributed by atoms with Gasteiger partial charge in [0.2, 0.25) is 0 Å². The van der Waals surface area contributed by atoms with E-state index in [1.165, 1.54) is 49.7 Å². The van der Waals surface area contributed by atoms with E-state index in [4.69, 9.17) is 0 Å². The third kappa shape index (κ3) is 7.06. The van der Waals surface area contributed by atoms with Gasteiger partial charge in [0, 0.05) is 0 Å². The van der Waals surface area contributed by atoms with Gasteiger partial charge in [-0.2, -0.15) is 0 Å². The number of hydrogen-bond donors (Lipinski definition) is 0. The molecule has 136 valence electrons. The summed E-state index contributed by atoms with van der Waals surface area (Å²) in [4.78, 5) is 0. The minimum absolute atomic E-state index is 0.949. The van der Waals surface area contributed by atoms with Crippen molar-refractivity contribution in [2.45, 2.75) is 72.1 Å². The van der Waals surface area contributed by atoms with Gasteiger partial charge in [-0.05, 0) is 60.6 Å². The van der Waals surface area contributed by atoms with Gasteiger partial charge >= 0.3 is 0 Å². The van der Waals surface area contributed by atoms with E-state index < -0.39 is 0 Å². The highest BCUT2D eigenvalue weighted by atomic mass is 14.2. The first-order valence-corrected chi connectivity index (χ1v) is 10.4. The fraction of sp³-hybridized carbons (Fsp3) is 0.520. The van der Waals surface area contributed by atoms with Crippen LogP contribution in [0.2, 0.25) is 0 Å². The Morgan fingerprint density at radius 2 is 1.08 bits per heavy atom. The zero-order valence-electron chi connectivity index (χ0n) is 16.5. The van der Waals surface area contributed by atoms with Crippen molar-refractivity contribution < 1.29 is 0 Å². The van der Waals surface area contributed by atoms with Crippen molar-refractivity contribution in [3.63, 3.8) is 0 Å². The standard InChI is InChI=1S/C17H26.C8H10/c1-3-14-5-9-16(10-6-14)13-17-11-7-15(4-2)8-12-17;1-2-8-6-4-3-5-7-8/h5-6,9-10,15,17H,3-4,7-8,11-13H2,1-2H3;3-7H,2H2,1H3. The minimum atomic E-state index is 0.949. The average molecular weight is 337 g/mol. The van der Waals surface area contributed by atoms with Crippen molar-refractivity contribution in [3.8, 4) is 0 Å². The zero-order chi connectivity index (χ0) is 17.9. The van der Waals surface area contributed by atoms with Gasteiger partial charge in [0.25, 0.3) is 0 Å². The molecule has 0 atom stereocenters. The summed E-state index contributed by atoms with van der Waals surface area (Å²) in [5.41, 5.74) is 4.41. The molecule has 0 heteroatoms. The van der Waals surface area contributed by atoms with Crippen LogP contribution in [-0.2, 0) is 19.3 Å². The van der Waals surface area contributed by atoms with Crippen LogP contribution in [-0.4, -0.2) is 0 Å². The number of aryl methyl sites for hydroxylation is 2. The molecule has 25 heavy (non-hydrogen) atoms. The number of rotatable bonds is 5. The Morgan fingerprint density at radius 1 is 0.600 bits per heavy atom. The van der Waals surface area contributed by atoms with Crippen molar-refractivity contribution in [3.05, 3.63) is 71.3 Å². The molecule has 1 saturated carbocycles. The molecule has 2 aromatic carbocycles. The molecule has 2 aromatic rings. The lowest BCUT2D eigenvalue weighted by molar-refractivity contribution is 0.268. The molecular weight excluding hydrogens is 300 g/mol. The molecule has 1 aliphatic carbocycles. The molecule has 0 amide bonds. The summed E-state index contributed by atoms with van der Waals surface area (Å²) >= 11 is 0. The average Bonchev–Trinajstić information content (AvgIpc) is 2.70. The first-order chi connectivity index (χ1) is 12.2. The van der Waals surface area contributed by atoms with Crippen molar-refractivity contribution in [1.82, 2.24) is 0 Å². The lowest BCUT2D eigenvalue weighted by atomic mass is 9.78. The Morgan fingerprint density at radius 3 is 1.56 bits per heavy atom. The number of benzene rings is 2. The van der Waals surface area contributed by atoms with Crippen LogP contribution < -0.4 is 0 Å². The van der Waals surface area contributed by atoms with E-state index >= 15 is 0 Å². The van der Waals surface area contributed by atoms with E-state index in [0.29, 0.717) is 0 Å². The maximum absolute atomic E-state index is 2.34. The van der Waals surface area contributed by atoms with E-state index in [0.717, 1.165) is 24.7 Å². The van der Waals surface area contributed by atoms with E-state index in [1.807, 2.05) is 6.07 Å². The van der Waals surface area contributed by atoms with Crippen LogP contribution >= 0.6 is 0 Å². The Bertz CT molecular complexity index is 559. The normalized spacial score (nSPS) is 19.8. The maximum Gasteiger partial charge on any atom is -0.0250 e. The second-order valence-electron chi connectivity index (χ2n) is 7.51. The van der Waals surface area contributed by atoms with Gasteiger partial charge in [0.05, 0.1) is 0 Å². The van der Waals surface area contributed by atoms with E-state index in [9.17, 15) is 0 Å². The van der Waals surface area contributed by atoms with Crippen LogP contribution in [0.15, 0.2) is 54.6 Å². The summed E-state index contributed by atoms with van der Waals surface area (Å²) in [5.74, 6) is 1.97. The lowest BCUT2D eigenvalue weighted by Crippen LogP contribution is -2.15. The first kappa shape index (κ1) is 19.8. The Kier molecular flexibility index (Phi) is 8.80. The van der Waals surface area contributed by atoms with Crippen LogP contribution in [0.3, 0.4) is 0 Å². The van der Waals surface area contributed by atoms with Crippen molar-refractivity contribution in [2.24, 2.45) is 11.8 Å². The Labute approximate surface area is 155 Å². The highest BCUT2D eigenvalue weighted by Gasteiger charge is 2.19. The molecule has 0 saturated heterocycles. The van der Waals surface area contributed by atoms with Gasteiger partial charge < -0.3 is 0 Å². The van der Waals surface area contributed by atoms with Gasteiger partial charge in [0.15, 0.2) is 0 Å². The van der Waals surface area contributed by atoms with Gasteiger partial charge in [-0.3, -0.25) is 0 Å². The molecule has 0 nitrogen and oxygen atoms in total. The monoisotopic (exact) mass is 336 g/mol. The van der Waals surface area contributed by atoms with Crippen LogP contribution in [0.4, 0.5) is 0 Å². The summed E-state index contributed by atoms with van der Waals surface area (Å²) in [6.45, 7) is 6.73. The topological polar surface area (TPSA) is 0 Å². The molecule has 0 aliphatic heterocycles.